The zero-order valence-corrected chi connectivity index (χ0v) is 17.3. The van der Waals surface area contributed by atoms with Crippen LogP contribution in [0.25, 0.3) is 0 Å². The predicted molar refractivity (Wildman–Crippen MR) is 107 cm³/mol. The van der Waals surface area contributed by atoms with Crippen molar-refractivity contribution in [2.24, 2.45) is 0 Å². The van der Waals surface area contributed by atoms with Crippen molar-refractivity contribution in [3.63, 3.8) is 0 Å². The van der Waals surface area contributed by atoms with Gasteiger partial charge in [0.1, 0.15) is 5.75 Å². The number of carbonyl (C=O) groups excluding carboxylic acids is 1. The van der Waals surface area contributed by atoms with Gasteiger partial charge in [-0.2, -0.15) is 0 Å². The number of nitrogens with zero attached hydrogens (tertiary/aromatic N) is 1. The lowest BCUT2D eigenvalue weighted by atomic mass is 10.1. The first-order valence-corrected chi connectivity index (χ1v) is 10.2. The fraction of sp³-hybridized carbons (Fsp3) is 0.316. The second-order valence-corrected chi connectivity index (χ2v) is 7.96. The van der Waals surface area contributed by atoms with Gasteiger partial charge in [-0.3, -0.25) is 9.10 Å². The lowest BCUT2D eigenvalue weighted by Crippen LogP contribution is -2.30. The first-order valence-electron chi connectivity index (χ1n) is 8.33. The number of sulfonamides is 1. The lowest BCUT2D eigenvalue weighted by molar-refractivity contribution is 0.0951. The third-order valence-electron chi connectivity index (χ3n) is 4.22. The van der Waals surface area contributed by atoms with E-state index in [0.717, 1.165) is 16.1 Å². The van der Waals surface area contributed by atoms with Crippen molar-refractivity contribution < 1.29 is 27.4 Å². The van der Waals surface area contributed by atoms with Crippen LogP contribution >= 0.6 is 0 Å². The Hall–Kier alpha value is -2.94. The third kappa shape index (κ3) is 4.66. The monoisotopic (exact) mass is 408 g/mol. The van der Waals surface area contributed by atoms with Gasteiger partial charge < -0.3 is 19.5 Å². The second kappa shape index (κ2) is 8.83. The lowest BCUT2D eigenvalue weighted by Gasteiger charge is -2.22. The van der Waals surface area contributed by atoms with Crippen molar-refractivity contribution in [1.29, 1.82) is 0 Å². The van der Waals surface area contributed by atoms with E-state index in [2.05, 4.69) is 5.32 Å². The molecule has 2 aromatic rings. The van der Waals surface area contributed by atoms with Crippen molar-refractivity contribution in [3.05, 3.63) is 47.5 Å². The highest BCUT2D eigenvalue weighted by atomic mass is 32.2. The van der Waals surface area contributed by atoms with Gasteiger partial charge in [0.05, 0.1) is 38.8 Å². The van der Waals surface area contributed by atoms with Crippen LogP contribution in [0, 0.1) is 0 Å². The first kappa shape index (κ1) is 21.4. The minimum atomic E-state index is -3.60. The van der Waals surface area contributed by atoms with Crippen molar-refractivity contribution in [2.45, 2.75) is 6.54 Å². The standard InChI is InChI=1S/C19H24N2O6S/c1-21(28(5,23)24)15-11-18(27-4)17(26-3)10-14(15)19(22)20-12-13-8-6-7-9-16(13)25-2/h6-11H,12H2,1-5H3,(H,20,22). The minimum absolute atomic E-state index is 0.139. The fourth-order valence-corrected chi connectivity index (χ4v) is 3.12. The van der Waals surface area contributed by atoms with E-state index in [9.17, 15) is 13.2 Å². The molecule has 0 heterocycles. The molecule has 0 bridgehead atoms. The van der Waals surface area contributed by atoms with E-state index in [1.807, 2.05) is 18.2 Å². The van der Waals surface area contributed by atoms with Crippen LogP contribution in [0.3, 0.4) is 0 Å². The topological polar surface area (TPSA) is 94.2 Å². The Kier molecular flexibility index (Phi) is 6.74. The van der Waals surface area contributed by atoms with Gasteiger partial charge >= 0.3 is 0 Å². The molecule has 0 fully saturated rings. The summed E-state index contributed by atoms with van der Waals surface area (Å²) in [5.74, 6) is 0.811. The molecule has 0 saturated heterocycles. The largest absolute Gasteiger partial charge is 0.496 e. The Morgan fingerprint density at radius 2 is 1.57 bits per heavy atom. The van der Waals surface area contributed by atoms with Crippen molar-refractivity contribution in [1.82, 2.24) is 5.32 Å². The molecule has 2 aromatic carbocycles. The van der Waals surface area contributed by atoms with Gasteiger partial charge in [-0.15, -0.1) is 0 Å². The summed E-state index contributed by atoms with van der Waals surface area (Å²) in [6.07, 6.45) is 1.06. The number of amides is 1. The number of hydrogen-bond donors (Lipinski definition) is 1. The van der Waals surface area contributed by atoms with Gasteiger partial charge in [-0.1, -0.05) is 18.2 Å². The Bertz CT molecular complexity index is 959. The quantitative estimate of drug-likeness (QED) is 0.718. The van der Waals surface area contributed by atoms with E-state index in [-0.39, 0.29) is 17.8 Å². The number of nitrogens with one attached hydrogen (secondary N) is 1. The molecular formula is C19H24N2O6S. The average Bonchev–Trinajstić information content (AvgIpc) is 2.69. The molecule has 0 saturated carbocycles. The summed E-state index contributed by atoms with van der Waals surface area (Å²) in [7, 11) is 2.19. The van der Waals surface area contributed by atoms with Crippen LogP contribution in [0.2, 0.25) is 0 Å². The summed E-state index contributed by atoms with van der Waals surface area (Å²) in [5.41, 5.74) is 1.11. The van der Waals surface area contributed by atoms with Crippen molar-refractivity contribution in [2.75, 3.05) is 38.9 Å². The molecule has 28 heavy (non-hydrogen) atoms. The Morgan fingerprint density at radius 3 is 2.14 bits per heavy atom. The van der Waals surface area contributed by atoms with Crippen LogP contribution in [-0.2, 0) is 16.6 Å². The molecule has 1 amide bonds. The molecule has 0 spiro atoms. The molecule has 0 aliphatic carbocycles. The number of hydrogen-bond acceptors (Lipinski definition) is 6. The Labute approximate surface area is 165 Å². The van der Waals surface area contributed by atoms with Gasteiger partial charge in [-0.25, -0.2) is 8.42 Å². The normalized spacial score (nSPS) is 10.9. The van der Waals surface area contributed by atoms with Crippen molar-refractivity contribution in [3.8, 4) is 17.2 Å². The average molecular weight is 408 g/mol. The molecule has 0 aliphatic rings. The highest BCUT2D eigenvalue weighted by Gasteiger charge is 2.23. The zero-order chi connectivity index (χ0) is 20.9. The molecule has 0 aromatic heterocycles. The van der Waals surface area contributed by atoms with E-state index in [4.69, 9.17) is 14.2 Å². The summed E-state index contributed by atoms with van der Waals surface area (Å²) in [4.78, 5) is 12.9. The maximum Gasteiger partial charge on any atom is 0.253 e. The number of methoxy groups -OCH3 is 3. The molecule has 0 aliphatic heterocycles. The molecule has 1 N–H and O–H groups in total. The number of benzene rings is 2. The highest BCUT2D eigenvalue weighted by Crippen LogP contribution is 2.35. The molecule has 0 radical (unpaired) electrons. The van der Waals surface area contributed by atoms with E-state index in [1.54, 1.807) is 13.2 Å². The van der Waals surface area contributed by atoms with Gasteiger partial charge in [-0.05, 0) is 12.1 Å². The van der Waals surface area contributed by atoms with Crippen LogP contribution in [0.1, 0.15) is 15.9 Å². The molecule has 0 unspecified atom stereocenters. The van der Waals surface area contributed by atoms with Gasteiger partial charge in [0.25, 0.3) is 5.91 Å². The van der Waals surface area contributed by atoms with Crippen LogP contribution in [0.15, 0.2) is 36.4 Å². The van der Waals surface area contributed by atoms with E-state index < -0.39 is 15.9 Å². The Morgan fingerprint density at radius 1 is 1.00 bits per heavy atom. The summed E-state index contributed by atoms with van der Waals surface area (Å²) >= 11 is 0. The van der Waals surface area contributed by atoms with Crippen molar-refractivity contribution >= 4 is 21.6 Å². The van der Waals surface area contributed by atoms with Gasteiger partial charge in [0.2, 0.25) is 10.0 Å². The van der Waals surface area contributed by atoms with Crippen LogP contribution in [-0.4, -0.2) is 49.0 Å². The smallest absolute Gasteiger partial charge is 0.253 e. The number of rotatable bonds is 8. The zero-order valence-electron chi connectivity index (χ0n) is 16.5. The van der Waals surface area contributed by atoms with Gasteiger partial charge in [0, 0.05) is 25.2 Å². The van der Waals surface area contributed by atoms with E-state index >= 15 is 0 Å². The second-order valence-electron chi connectivity index (χ2n) is 5.95. The minimum Gasteiger partial charge on any atom is -0.496 e. The number of anilines is 1. The molecule has 9 heteroatoms. The van der Waals surface area contributed by atoms with Gasteiger partial charge in [0.15, 0.2) is 11.5 Å². The summed E-state index contributed by atoms with van der Waals surface area (Å²) in [6, 6.07) is 10.2. The maximum atomic E-state index is 12.9. The van der Waals surface area contributed by atoms with E-state index in [0.29, 0.717) is 17.2 Å². The van der Waals surface area contributed by atoms with Crippen LogP contribution in [0.4, 0.5) is 5.69 Å². The number of carbonyl (C=O) groups is 1. The van der Waals surface area contributed by atoms with Crippen LogP contribution < -0.4 is 23.8 Å². The fourth-order valence-electron chi connectivity index (χ4n) is 2.61. The molecular weight excluding hydrogens is 384 g/mol. The number of para-hydroxylation sites is 1. The first-order chi connectivity index (χ1) is 13.2. The molecule has 0 atom stereocenters. The molecule has 152 valence electrons. The maximum absolute atomic E-state index is 12.9. The molecule has 2 rings (SSSR count). The summed E-state index contributed by atoms with van der Waals surface area (Å²) < 4.78 is 40.9. The third-order valence-corrected chi connectivity index (χ3v) is 5.41. The predicted octanol–water partition coefficient (Wildman–Crippen LogP) is 2.04. The molecule has 8 nitrogen and oxygen atoms in total. The summed E-state index contributed by atoms with van der Waals surface area (Å²) in [5, 5.41) is 2.79. The SMILES string of the molecule is COc1ccccc1CNC(=O)c1cc(OC)c(OC)cc1N(C)S(C)(=O)=O. The number of ether oxygens (including phenoxy) is 3. The van der Waals surface area contributed by atoms with E-state index in [1.165, 1.54) is 33.4 Å². The van der Waals surface area contributed by atoms with Crippen LogP contribution in [0.5, 0.6) is 17.2 Å². The Balaban J connectivity index is 2.42. The highest BCUT2D eigenvalue weighted by molar-refractivity contribution is 7.92. The summed E-state index contributed by atoms with van der Waals surface area (Å²) in [6.45, 7) is 0.208.